The highest BCUT2D eigenvalue weighted by Crippen LogP contribution is 2.21. The molecule has 0 atom stereocenters. The minimum absolute atomic E-state index is 0.124. The number of aryl methyl sites for hydroxylation is 1. The summed E-state index contributed by atoms with van der Waals surface area (Å²) in [5.41, 5.74) is 18.6. The fraction of sp³-hybridized carbons (Fsp3) is 0.0625. The van der Waals surface area contributed by atoms with Gasteiger partial charge in [0.1, 0.15) is 0 Å². The summed E-state index contributed by atoms with van der Waals surface area (Å²) in [6.45, 7) is 1.91. The molecule has 0 unspecified atom stereocenters. The number of hydrogen-bond donors (Lipinski definition) is 4. The number of carbonyl (C=O) groups is 1. The van der Waals surface area contributed by atoms with Crippen molar-refractivity contribution in [2.24, 2.45) is 27.2 Å². The van der Waals surface area contributed by atoms with Gasteiger partial charge in [0.25, 0.3) is 5.91 Å². The first-order valence-electron chi connectivity index (χ1n) is 6.87. The molecular formula is C16H18N6O. The second kappa shape index (κ2) is 7.08. The Hall–Kier alpha value is -3.35. The van der Waals surface area contributed by atoms with E-state index >= 15 is 0 Å². The van der Waals surface area contributed by atoms with E-state index in [0.29, 0.717) is 11.3 Å². The molecule has 0 aliphatic rings. The van der Waals surface area contributed by atoms with Crippen LogP contribution in [0.5, 0.6) is 0 Å². The molecule has 0 saturated heterocycles. The quantitative estimate of drug-likeness (QED) is 0.504. The summed E-state index contributed by atoms with van der Waals surface area (Å²) in [6.07, 6.45) is 0. The van der Waals surface area contributed by atoms with Gasteiger partial charge in [-0.05, 0) is 30.7 Å². The Morgan fingerprint density at radius 2 is 1.65 bits per heavy atom. The molecule has 2 aromatic rings. The third-order valence-corrected chi connectivity index (χ3v) is 3.02. The summed E-state index contributed by atoms with van der Waals surface area (Å²) in [4.78, 5) is 20.2. The van der Waals surface area contributed by atoms with Crippen molar-refractivity contribution in [3.8, 4) is 0 Å². The molecule has 0 fully saturated rings. The maximum absolute atomic E-state index is 12.5. The first-order valence-corrected chi connectivity index (χ1v) is 6.87. The van der Waals surface area contributed by atoms with Crippen molar-refractivity contribution >= 4 is 29.2 Å². The summed E-state index contributed by atoms with van der Waals surface area (Å²) in [6, 6.07) is 14.3. The average molecular weight is 310 g/mol. The van der Waals surface area contributed by atoms with Gasteiger partial charge in [-0.3, -0.25) is 4.79 Å². The third-order valence-electron chi connectivity index (χ3n) is 3.02. The van der Waals surface area contributed by atoms with E-state index in [1.54, 1.807) is 24.3 Å². The number of guanidine groups is 2. The van der Waals surface area contributed by atoms with Crippen LogP contribution in [0.4, 0.5) is 11.4 Å². The predicted octanol–water partition coefficient (Wildman–Crippen LogP) is 1.47. The monoisotopic (exact) mass is 310 g/mol. The Morgan fingerprint density at radius 1 is 1.00 bits per heavy atom. The van der Waals surface area contributed by atoms with Crippen molar-refractivity contribution in [2.45, 2.75) is 6.92 Å². The first-order chi connectivity index (χ1) is 11.0. The molecule has 0 aliphatic carbocycles. The number of para-hydroxylation sites is 2. The van der Waals surface area contributed by atoms with Crippen LogP contribution in [-0.2, 0) is 0 Å². The number of amides is 1. The highest BCUT2D eigenvalue weighted by molar-refractivity contribution is 6.08. The zero-order valence-electron chi connectivity index (χ0n) is 12.7. The number of carbonyl (C=O) groups excluding carboxylic acids is 1. The topological polar surface area (TPSA) is 132 Å². The minimum Gasteiger partial charge on any atom is -0.370 e. The number of aliphatic imine (C=N–C) groups is 2. The number of anilines is 1. The summed E-state index contributed by atoms with van der Waals surface area (Å²) in [5, 5.41) is 2.85. The molecule has 7 heteroatoms. The molecule has 0 aromatic heterocycles. The molecule has 0 radical (unpaired) electrons. The van der Waals surface area contributed by atoms with Gasteiger partial charge >= 0.3 is 0 Å². The molecule has 0 bridgehead atoms. The Bertz CT molecular complexity index is 778. The lowest BCUT2D eigenvalue weighted by Crippen LogP contribution is -2.26. The maximum atomic E-state index is 12.5. The van der Waals surface area contributed by atoms with Gasteiger partial charge in [0.05, 0.1) is 11.3 Å². The lowest BCUT2D eigenvalue weighted by molar-refractivity contribution is 0.102. The minimum atomic E-state index is -0.295. The van der Waals surface area contributed by atoms with Gasteiger partial charge in [-0.25, -0.2) is 4.99 Å². The molecule has 23 heavy (non-hydrogen) atoms. The fourth-order valence-corrected chi connectivity index (χ4v) is 1.95. The van der Waals surface area contributed by atoms with E-state index in [-0.39, 0.29) is 17.8 Å². The molecule has 0 aliphatic heterocycles. The molecule has 118 valence electrons. The maximum Gasteiger partial charge on any atom is 0.257 e. The van der Waals surface area contributed by atoms with Crippen molar-refractivity contribution in [1.82, 2.24) is 0 Å². The zero-order valence-corrected chi connectivity index (χ0v) is 12.7. The summed E-state index contributed by atoms with van der Waals surface area (Å²) in [7, 11) is 0. The van der Waals surface area contributed by atoms with Crippen molar-refractivity contribution in [3.63, 3.8) is 0 Å². The average Bonchev–Trinajstić information content (AvgIpc) is 2.49. The summed E-state index contributed by atoms with van der Waals surface area (Å²) in [5.74, 6) is -0.620. The highest BCUT2D eigenvalue weighted by atomic mass is 16.1. The standard InChI is InChI=1S/C16H18N6O/c1-10-6-2-4-8-12(10)20-14(23)11-7-3-5-9-13(11)21-16(19)22-15(17)18/h2-9H,1H3,(H,20,23)(H6,17,18,19,21,22). The zero-order chi connectivity index (χ0) is 16.8. The molecule has 7 nitrogen and oxygen atoms in total. The highest BCUT2D eigenvalue weighted by Gasteiger charge is 2.12. The number of nitrogens with one attached hydrogen (secondary N) is 1. The lowest BCUT2D eigenvalue weighted by atomic mass is 10.1. The Balaban J connectivity index is 2.32. The van der Waals surface area contributed by atoms with Crippen molar-refractivity contribution < 1.29 is 4.79 Å². The Morgan fingerprint density at radius 3 is 2.35 bits per heavy atom. The van der Waals surface area contributed by atoms with Gasteiger partial charge in [0.2, 0.25) is 5.96 Å². The molecule has 0 heterocycles. The number of nitrogens with two attached hydrogens (primary N) is 3. The molecule has 1 amide bonds. The van der Waals surface area contributed by atoms with Crippen LogP contribution in [0.2, 0.25) is 0 Å². The molecule has 0 spiro atoms. The molecule has 2 aromatic carbocycles. The smallest absolute Gasteiger partial charge is 0.257 e. The van der Waals surface area contributed by atoms with Crippen LogP contribution >= 0.6 is 0 Å². The van der Waals surface area contributed by atoms with Crippen molar-refractivity contribution in [2.75, 3.05) is 5.32 Å². The second-order valence-electron chi connectivity index (χ2n) is 4.79. The van der Waals surface area contributed by atoms with Gasteiger partial charge in [-0.15, -0.1) is 0 Å². The van der Waals surface area contributed by atoms with E-state index in [1.165, 1.54) is 0 Å². The second-order valence-corrected chi connectivity index (χ2v) is 4.79. The van der Waals surface area contributed by atoms with E-state index < -0.39 is 0 Å². The first kappa shape index (κ1) is 16.0. The summed E-state index contributed by atoms with van der Waals surface area (Å²) >= 11 is 0. The van der Waals surface area contributed by atoms with Gasteiger partial charge in [0.15, 0.2) is 5.96 Å². The van der Waals surface area contributed by atoms with Crippen molar-refractivity contribution in [3.05, 3.63) is 59.7 Å². The van der Waals surface area contributed by atoms with Crippen LogP contribution < -0.4 is 22.5 Å². The Labute approximate surface area is 133 Å². The fourth-order valence-electron chi connectivity index (χ4n) is 1.95. The van der Waals surface area contributed by atoms with Crippen LogP contribution in [0.15, 0.2) is 58.5 Å². The molecular weight excluding hydrogens is 292 g/mol. The predicted molar refractivity (Wildman–Crippen MR) is 92.7 cm³/mol. The van der Waals surface area contributed by atoms with Crippen LogP contribution in [-0.4, -0.2) is 17.8 Å². The van der Waals surface area contributed by atoms with Gasteiger partial charge in [0, 0.05) is 5.69 Å². The van der Waals surface area contributed by atoms with E-state index in [0.717, 1.165) is 11.3 Å². The SMILES string of the molecule is Cc1ccccc1NC(=O)c1ccccc1N=C(N)N=C(N)N. The van der Waals surface area contributed by atoms with E-state index in [2.05, 4.69) is 15.3 Å². The molecule has 7 N–H and O–H groups in total. The van der Waals surface area contributed by atoms with Gasteiger partial charge < -0.3 is 22.5 Å². The van der Waals surface area contributed by atoms with E-state index in [9.17, 15) is 4.79 Å². The van der Waals surface area contributed by atoms with Crippen LogP contribution in [0, 0.1) is 6.92 Å². The molecule has 0 saturated carbocycles. The van der Waals surface area contributed by atoms with E-state index in [1.807, 2.05) is 31.2 Å². The lowest BCUT2D eigenvalue weighted by Gasteiger charge is -2.09. The van der Waals surface area contributed by atoms with Gasteiger partial charge in [-0.1, -0.05) is 30.3 Å². The number of hydrogen-bond acceptors (Lipinski definition) is 2. The van der Waals surface area contributed by atoms with Crippen molar-refractivity contribution in [1.29, 1.82) is 0 Å². The van der Waals surface area contributed by atoms with Crippen LogP contribution in [0.1, 0.15) is 15.9 Å². The number of nitrogens with zero attached hydrogens (tertiary/aromatic N) is 2. The van der Waals surface area contributed by atoms with Crippen LogP contribution in [0.3, 0.4) is 0 Å². The van der Waals surface area contributed by atoms with Gasteiger partial charge in [-0.2, -0.15) is 4.99 Å². The summed E-state index contributed by atoms with van der Waals surface area (Å²) < 4.78 is 0. The normalized spacial score (nSPS) is 10.9. The third kappa shape index (κ3) is 4.31. The number of benzene rings is 2. The molecule has 2 rings (SSSR count). The Kier molecular flexibility index (Phi) is 4.93. The largest absolute Gasteiger partial charge is 0.370 e. The van der Waals surface area contributed by atoms with E-state index in [4.69, 9.17) is 17.2 Å². The number of rotatable bonds is 3. The van der Waals surface area contributed by atoms with Crippen LogP contribution in [0.25, 0.3) is 0 Å².